The van der Waals surface area contributed by atoms with E-state index in [2.05, 4.69) is 46.3 Å². The summed E-state index contributed by atoms with van der Waals surface area (Å²) < 4.78 is 5.27. The molecule has 0 aromatic heterocycles. The van der Waals surface area contributed by atoms with E-state index in [-0.39, 0.29) is 5.91 Å². The topological polar surface area (TPSA) is 44.8 Å². The molecule has 3 rings (SSSR count). The molecule has 1 saturated heterocycles. The van der Waals surface area contributed by atoms with Gasteiger partial charge in [0, 0.05) is 31.9 Å². The van der Waals surface area contributed by atoms with Gasteiger partial charge in [0.15, 0.2) is 0 Å². The molecule has 1 heterocycles. The van der Waals surface area contributed by atoms with Gasteiger partial charge in [-0.05, 0) is 36.8 Å². The van der Waals surface area contributed by atoms with Gasteiger partial charge >= 0.3 is 0 Å². The van der Waals surface area contributed by atoms with Crippen LogP contribution >= 0.6 is 0 Å². The van der Waals surface area contributed by atoms with Crippen LogP contribution in [-0.4, -0.2) is 50.6 Å². The molecule has 0 bridgehead atoms. The van der Waals surface area contributed by atoms with E-state index < -0.39 is 0 Å². The molecule has 1 N–H and O–H groups in total. The normalized spacial score (nSPS) is 15.0. The lowest BCUT2D eigenvalue weighted by molar-refractivity contribution is -0.117. The molecular weight excluding hydrogens is 314 g/mol. The number of nitrogens with zero attached hydrogens (tertiary/aromatic N) is 2. The van der Waals surface area contributed by atoms with Crippen LogP contribution in [-0.2, 0) is 4.79 Å². The van der Waals surface area contributed by atoms with Gasteiger partial charge in [-0.2, -0.15) is 0 Å². The Morgan fingerprint density at radius 3 is 2.56 bits per heavy atom. The highest BCUT2D eigenvalue weighted by Gasteiger charge is 2.19. The predicted octanol–water partition coefficient (Wildman–Crippen LogP) is 2.76. The zero-order valence-corrected chi connectivity index (χ0v) is 14.9. The molecule has 0 saturated carbocycles. The highest BCUT2D eigenvalue weighted by atomic mass is 16.5. The zero-order chi connectivity index (χ0) is 17.6. The van der Waals surface area contributed by atoms with Crippen molar-refractivity contribution < 1.29 is 9.53 Å². The number of hydrogen-bond donors (Lipinski definition) is 1. The molecule has 2 aromatic carbocycles. The van der Waals surface area contributed by atoms with E-state index in [0.717, 1.165) is 26.2 Å². The zero-order valence-electron chi connectivity index (χ0n) is 14.9. The van der Waals surface area contributed by atoms with Gasteiger partial charge in [0.25, 0.3) is 0 Å². The fourth-order valence-electron chi connectivity index (χ4n) is 3.13. The van der Waals surface area contributed by atoms with Crippen molar-refractivity contribution in [2.75, 3.05) is 50.1 Å². The first-order valence-electron chi connectivity index (χ1n) is 8.62. The quantitative estimate of drug-likeness (QED) is 0.910. The Morgan fingerprint density at radius 2 is 1.84 bits per heavy atom. The molecule has 1 aliphatic heterocycles. The van der Waals surface area contributed by atoms with Crippen LogP contribution in [0.1, 0.15) is 5.56 Å². The predicted molar refractivity (Wildman–Crippen MR) is 101 cm³/mol. The smallest absolute Gasteiger partial charge is 0.238 e. The molecule has 25 heavy (non-hydrogen) atoms. The number of benzene rings is 2. The van der Waals surface area contributed by atoms with E-state index in [9.17, 15) is 4.79 Å². The van der Waals surface area contributed by atoms with E-state index in [1.165, 1.54) is 11.3 Å². The van der Waals surface area contributed by atoms with Gasteiger partial charge < -0.3 is 15.0 Å². The number of carbonyl (C=O) groups excluding carboxylic acids is 1. The van der Waals surface area contributed by atoms with Gasteiger partial charge in [0.2, 0.25) is 5.91 Å². The summed E-state index contributed by atoms with van der Waals surface area (Å²) in [4.78, 5) is 16.9. The molecule has 0 atom stereocenters. The van der Waals surface area contributed by atoms with Crippen LogP contribution in [0.2, 0.25) is 0 Å². The monoisotopic (exact) mass is 339 g/mol. The third-order valence-corrected chi connectivity index (χ3v) is 4.49. The molecule has 0 radical (unpaired) electrons. The number of methoxy groups -OCH3 is 1. The number of aryl methyl sites for hydroxylation is 1. The minimum atomic E-state index is -0.00601. The minimum Gasteiger partial charge on any atom is -0.495 e. The van der Waals surface area contributed by atoms with Crippen LogP contribution < -0.4 is 15.0 Å². The maximum atomic E-state index is 12.3. The van der Waals surface area contributed by atoms with Crippen molar-refractivity contribution in [3.8, 4) is 5.75 Å². The second kappa shape index (κ2) is 8.03. The maximum Gasteiger partial charge on any atom is 0.238 e. The standard InChI is InChI=1S/C20H25N3O2/c1-16-6-5-7-17(14-16)23-12-10-22(11-13-23)15-20(24)21-18-8-3-4-9-19(18)25-2/h3-9,14H,10-13,15H2,1-2H3,(H,21,24). The lowest BCUT2D eigenvalue weighted by Crippen LogP contribution is -2.48. The van der Waals surface area contributed by atoms with Gasteiger partial charge in [-0.25, -0.2) is 0 Å². The molecular formula is C20H25N3O2. The van der Waals surface area contributed by atoms with E-state index in [4.69, 9.17) is 4.74 Å². The maximum absolute atomic E-state index is 12.3. The Morgan fingerprint density at radius 1 is 1.08 bits per heavy atom. The van der Waals surface area contributed by atoms with E-state index in [0.29, 0.717) is 18.0 Å². The summed E-state index contributed by atoms with van der Waals surface area (Å²) in [6.07, 6.45) is 0. The van der Waals surface area contributed by atoms with Crippen molar-refractivity contribution in [2.45, 2.75) is 6.92 Å². The van der Waals surface area contributed by atoms with Crippen molar-refractivity contribution in [3.05, 3.63) is 54.1 Å². The SMILES string of the molecule is COc1ccccc1NC(=O)CN1CCN(c2cccc(C)c2)CC1. The molecule has 0 unspecified atom stereocenters. The van der Waals surface area contributed by atoms with E-state index >= 15 is 0 Å². The van der Waals surface area contributed by atoms with Crippen LogP contribution in [0, 0.1) is 6.92 Å². The number of nitrogens with one attached hydrogen (secondary N) is 1. The Labute approximate surface area is 149 Å². The summed E-state index contributed by atoms with van der Waals surface area (Å²) in [6.45, 7) is 6.15. The Balaban J connectivity index is 1.51. The van der Waals surface area contributed by atoms with Crippen molar-refractivity contribution in [2.24, 2.45) is 0 Å². The number of hydrogen-bond acceptors (Lipinski definition) is 4. The number of para-hydroxylation sites is 2. The minimum absolute atomic E-state index is 0.00601. The first-order valence-corrected chi connectivity index (χ1v) is 8.62. The number of amides is 1. The highest BCUT2D eigenvalue weighted by Crippen LogP contribution is 2.23. The number of anilines is 2. The molecule has 1 amide bonds. The average molecular weight is 339 g/mol. The van der Waals surface area contributed by atoms with Crippen molar-refractivity contribution in [1.82, 2.24) is 4.90 Å². The van der Waals surface area contributed by atoms with Crippen LogP contribution in [0.15, 0.2) is 48.5 Å². The van der Waals surface area contributed by atoms with Crippen molar-refractivity contribution >= 4 is 17.3 Å². The number of ether oxygens (including phenoxy) is 1. The third kappa shape index (κ3) is 4.51. The van der Waals surface area contributed by atoms with E-state index in [1.54, 1.807) is 7.11 Å². The molecule has 1 aliphatic rings. The van der Waals surface area contributed by atoms with Gasteiger partial charge in [-0.1, -0.05) is 24.3 Å². The number of carbonyl (C=O) groups is 1. The summed E-state index contributed by atoms with van der Waals surface area (Å²) in [5.74, 6) is 0.675. The number of piperazine rings is 1. The third-order valence-electron chi connectivity index (χ3n) is 4.49. The lowest BCUT2D eigenvalue weighted by Gasteiger charge is -2.35. The average Bonchev–Trinajstić information content (AvgIpc) is 2.63. The van der Waals surface area contributed by atoms with Crippen LogP contribution in [0.3, 0.4) is 0 Å². The first kappa shape index (κ1) is 17.3. The summed E-state index contributed by atoms with van der Waals surface area (Å²) >= 11 is 0. The van der Waals surface area contributed by atoms with Gasteiger partial charge in [0.1, 0.15) is 5.75 Å². The first-order chi connectivity index (χ1) is 12.2. The summed E-state index contributed by atoms with van der Waals surface area (Å²) in [6, 6.07) is 16.0. The highest BCUT2D eigenvalue weighted by molar-refractivity contribution is 5.93. The Bertz CT molecular complexity index is 724. The fraction of sp³-hybridized carbons (Fsp3) is 0.350. The van der Waals surface area contributed by atoms with Crippen LogP contribution in [0.25, 0.3) is 0 Å². The summed E-state index contributed by atoms with van der Waals surface area (Å²) in [5, 5.41) is 2.94. The summed E-state index contributed by atoms with van der Waals surface area (Å²) in [7, 11) is 1.61. The summed E-state index contributed by atoms with van der Waals surface area (Å²) in [5.41, 5.74) is 3.25. The number of rotatable bonds is 5. The van der Waals surface area contributed by atoms with Crippen molar-refractivity contribution in [3.63, 3.8) is 0 Å². The van der Waals surface area contributed by atoms with Crippen LogP contribution in [0.4, 0.5) is 11.4 Å². The largest absolute Gasteiger partial charge is 0.495 e. The molecule has 1 fully saturated rings. The molecule has 0 spiro atoms. The second-order valence-electron chi connectivity index (χ2n) is 6.35. The molecule has 132 valence electrons. The van der Waals surface area contributed by atoms with Gasteiger partial charge in [-0.15, -0.1) is 0 Å². The van der Waals surface area contributed by atoms with Crippen molar-refractivity contribution in [1.29, 1.82) is 0 Å². The Kier molecular flexibility index (Phi) is 5.56. The van der Waals surface area contributed by atoms with Gasteiger partial charge in [-0.3, -0.25) is 9.69 Å². The molecule has 5 heteroatoms. The fourth-order valence-corrected chi connectivity index (χ4v) is 3.13. The van der Waals surface area contributed by atoms with Gasteiger partial charge in [0.05, 0.1) is 19.3 Å². The molecule has 0 aliphatic carbocycles. The van der Waals surface area contributed by atoms with Crippen LogP contribution in [0.5, 0.6) is 5.75 Å². The molecule has 5 nitrogen and oxygen atoms in total. The second-order valence-corrected chi connectivity index (χ2v) is 6.35. The van der Waals surface area contributed by atoms with E-state index in [1.807, 2.05) is 24.3 Å². The lowest BCUT2D eigenvalue weighted by atomic mass is 10.2. The molecule has 2 aromatic rings. The Hall–Kier alpha value is -2.53.